The first-order chi connectivity index (χ1) is 10.1. The maximum absolute atomic E-state index is 11.4. The molecule has 0 radical (unpaired) electrons. The molecule has 1 aromatic heterocycles. The van der Waals surface area contributed by atoms with Gasteiger partial charge in [-0.05, 0) is 45.7 Å². The van der Waals surface area contributed by atoms with Gasteiger partial charge in [0.1, 0.15) is 5.92 Å². The first-order valence-electron chi connectivity index (χ1n) is 7.70. The number of carboxylic acids is 1. The van der Waals surface area contributed by atoms with Crippen LogP contribution in [0.25, 0.3) is 0 Å². The molecule has 2 atom stereocenters. The van der Waals surface area contributed by atoms with E-state index < -0.39 is 11.9 Å². The topological polar surface area (TPSA) is 56.7 Å². The predicted octanol–water partition coefficient (Wildman–Crippen LogP) is 2.18. The lowest BCUT2D eigenvalue weighted by Gasteiger charge is -2.35. The van der Waals surface area contributed by atoms with E-state index in [4.69, 9.17) is 4.98 Å². The molecular formula is C15H23N3O2S. The molecule has 1 aromatic rings. The van der Waals surface area contributed by atoms with Crippen LogP contribution in [-0.2, 0) is 11.2 Å². The zero-order chi connectivity index (χ0) is 15.0. The lowest BCUT2D eigenvalue weighted by Crippen LogP contribution is -2.45. The number of carboxylic acid groups (broad SMARTS) is 1. The van der Waals surface area contributed by atoms with Gasteiger partial charge in [-0.15, -0.1) is 11.3 Å². The average molecular weight is 309 g/mol. The van der Waals surface area contributed by atoms with Crippen LogP contribution in [-0.4, -0.2) is 54.2 Å². The highest BCUT2D eigenvalue weighted by atomic mass is 32.1. The minimum Gasteiger partial charge on any atom is -0.481 e. The van der Waals surface area contributed by atoms with Crippen LogP contribution in [0.2, 0.25) is 0 Å². The summed E-state index contributed by atoms with van der Waals surface area (Å²) in [6.07, 6.45) is 5.07. The van der Waals surface area contributed by atoms with Gasteiger partial charge in [-0.1, -0.05) is 0 Å². The summed E-state index contributed by atoms with van der Waals surface area (Å²) in [6.45, 7) is 2.23. The summed E-state index contributed by atoms with van der Waals surface area (Å²) >= 11 is 1.69. The standard InChI is InChI=1S/C15H23N3O2S/c1-17-8-4-5-10(9-17)18(2)15-16-13-11(14(19)20)6-3-7-12(13)21-15/h10-11H,3-9H2,1-2H3,(H,19,20). The Morgan fingerprint density at radius 3 is 2.95 bits per heavy atom. The third-order valence-corrected chi connectivity index (χ3v) is 5.91. The number of aryl methyl sites for hydroxylation is 1. The molecule has 0 amide bonds. The molecule has 6 heteroatoms. The fourth-order valence-corrected chi connectivity index (χ4v) is 4.60. The molecule has 116 valence electrons. The van der Waals surface area contributed by atoms with Crippen molar-refractivity contribution in [2.45, 2.75) is 44.1 Å². The van der Waals surface area contributed by atoms with Crippen LogP contribution < -0.4 is 4.90 Å². The Morgan fingerprint density at radius 1 is 1.43 bits per heavy atom. The van der Waals surface area contributed by atoms with Gasteiger partial charge in [-0.25, -0.2) is 4.98 Å². The number of hydrogen-bond donors (Lipinski definition) is 1. The highest BCUT2D eigenvalue weighted by Crippen LogP contribution is 2.38. The highest BCUT2D eigenvalue weighted by Gasteiger charge is 2.32. The minimum atomic E-state index is -0.729. The van der Waals surface area contributed by atoms with Gasteiger partial charge in [-0.3, -0.25) is 4.79 Å². The Labute approximate surface area is 129 Å². The Hall–Kier alpha value is -1.14. The predicted molar refractivity (Wildman–Crippen MR) is 84.4 cm³/mol. The van der Waals surface area contributed by atoms with Crippen molar-refractivity contribution in [1.82, 2.24) is 9.88 Å². The van der Waals surface area contributed by atoms with Gasteiger partial charge in [0.25, 0.3) is 0 Å². The fraction of sp³-hybridized carbons (Fsp3) is 0.733. The molecule has 1 aliphatic carbocycles. The summed E-state index contributed by atoms with van der Waals surface area (Å²) in [7, 11) is 4.26. The molecular weight excluding hydrogens is 286 g/mol. The van der Waals surface area contributed by atoms with Crippen molar-refractivity contribution >= 4 is 22.4 Å². The quantitative estimate of drug-likeness (QED) is 0.927. The number of likely N-dealkylation sites (N-methyl/N-ethyl adjacent to an activating group) is 2. The zero-order valence-corrected chi connectivity index (χ0v) is 13.5. The number of thiazole rings is 1. The molecule has 2 aliphatic rings. The number of aromatic nitrogens is 1. The molecule has 1 saturated heterocycles. The van der Waals surface area contributed by atoms with E-state index in [2.05, 4.69) is 23.9 Å². The van der Waals surface area contributed by atoms with Crippen LogP contribution in [0, 0.1) is 0 Å². The summed E-state index contributed by atoms with van der Waals surface area (Å²) in [4.78, 5) is 21.9. The largest absolute Gasteiger partial charge is 0.481 e. The molecule has 1 aliphatic heterocycles. The molecule has 0 spiro atoms. The maximum Gasteiger partial charge on any atom is 0.312 e. The smallest absolute Gasteiger partial charge is 0.312 e. The summed E-state index contributed by atoms with van der Waals surface area (Å²) in [6, 6.07) is 0.486. The summed E-state index contributed by atoms with van der Waals surface area (Å²) in [5, 5.41) is 10.4. The van der Waals surface area contributed by atoms with E-state index in [1.807, 2.05) is 0 Å². The van der Waals surface area contributed by atoms with E-state index in [-0.39, 0.29) is 0 Å². The van der Waals surface area contributed by atoms with Crippen molar-refractivity contribution in [1.29, 1.82) is 0 Å². The zero-order valence-electron chi connectivity index (χ0n) is 12.7. The van der Waals surface area contributed by atoms with E-state index in [1.165, 1.54) is 24.3 Å². The van der Waals surface area contributed by atoms with Crippen molar-refractivity contribution in [2.24, 2.45) is 0 Å². The molecule has 0 saturated carbocycles. The number of rotatable bonds is 3. The molecule has 0 bridgehead atoms. The summed E-state index contributed by atoms with van der Waals surface area (Å²) in [5.41, 5.74) is 0.824. The number of piperidine rings is 1. The van der Waals surface area contributed by atoms with Crippen LogP contribution in [0.3, 0.4) is 0 Å². The number of likely N-dealkylation sites (tertiary alicyclic amines) is 1. The van der Waals surface area contributed by atoms with Gasteiger partial charge in [-0.2, -0.15) is 0 Å². The molecule has 21 heavy (non-hydrogen) atoms. The molecule has 0 aromatic carbocycles. The Balaban J connectivity index is 1.81. The van der Waals surface area contributed by atoms with Crippen LogP contribution in [0.4, 0.5) is 5.13 Å². The summed E-state index contributed by atoms with van der Waals surface area (Å²) in [5.74, 6) is -1.13. The van der Waals surface area contributed by atoms with Crippen molar-refractivity contribution in [3.05, 3.63) is 10.6 Å². The number of nitrogens with zero attached hydrogens (tertiary/aromatic N) is 3. The van der Waals surface area contributed by atoms with Gasteiger partial charge in [0.15, 0.2) is 5.13 Å². The number of aliphatic carboxylic acids is 1. The minimum absolute atomic E-state index is 0.402. The van der Waals surface area contributed by atoms with Gasteiger partial charge >= 0.3 is 5.97 Å². The average Bonchev–Trinajstić information content (AvgIpc) is 2.89. The molecule has 3 rings (SSSR count). The normalized spacial score (nSPS) is 26.4. The number of fused-ring (bicyclic) bond motifs is 1. The Morgan fingerprint density at radius 2 is 2.24 bits per heavy atom. The van der Waals surface area contributed by atoms with Crippen LogP contribution in [0.1, 0.15) is 42.2 Å². The third kappa shape index (κ3) is 2.92. The third-order valence-electron chi connectivity index (χ3n) is 4.69. The number of hydrogen-bond acceptors (Lipinski definition) is 5. The van der Waals surface area contributed by atoms with Crippen molar-refractivity contribution in [3.63, 3.8) is 0 Å². The van der Waals surface area contributed by atoms with Gasteiger partial charge < -0.3 is 14.9 Å². The lowest BCUT2D eigenvalue weighted by molar-refractivity contribution is -0.139. The fourth-order valence-electron chi connectivity index (χ4n) is 3.41. The van der Waals surface area contributed by atoms with Crippen molar-refractivity contribution < 1.29 is 9.90 Å². The van der Waals surface area contributed by atoms with Gasteiger partial charge in [0.2, 0.25) is 0 Å². The number of anilines is 1. The molecule has 1 fully saturated rings. The van der Waals surface area contributed by atoms with E-state index in [1.54, 1.807) is 11.3 Å². The van der Waals surface area contributed by atoms with E-state index >= 15 is 0 Å². The number of carbonyl (C=O) groups is 1. The van der Waals surface area contributed by atoms with Crippen molar-refractivity contribution in [2.75, 3.05) is 32.1 Å². The second-order valence-corrected chi connectivity index (χ2v) is 7.32. The molecule has 2 heterocycles. The first-order valence-corrected chi connectivity index (χ1v) is 8.51. The molecule has 5 nitrogen and oxygen atoms in total. The Kier molecular flexibility index (Phi) is 4.17. The van der Waals surface area contributed by atoms with Crippen LogP contribution >= 0.6 is 11.3 Å². The molecule has 2 unspecified atom stereocenters. The SMILES string of the molecule is CN1CCCC(N(C)c2nc3c(s2)CCCC3C(=O)O)C1. The van der Waals surface area contributed by atoms with Crippen molar-refractivity contribution in [3.8, 4) is 0 Å². The van der Waals surface area contributed by atoms with Crippen LogP contribution in [0.5, 0.6) is 0 Å². The second-order valence-electron chi connectivity index (χ2n) is 6.26. The van der Waals surface area contributed by atoms with E-state index in [0.29, 0.717) is 6.04 Å². The van der Waals surface area contributed by atoms with E-state index in [0.717, 1.165) is 36.6 Å². The Bertz CT molecular complexity index is 531. The van der Waals surface area contributed by atoms with Gasteiger partial charge in [0.05, 0.1) is 5.69 Å². The summed E-state index contributed by atoms with van der Waals surface area (Å²) < 4.78 is 0. The highest BCUT2D eigenvalue weighted by molar-refractivity contribution is 7.15. The monoisotopic (exact) mass is 309 g/mol. The second kappa shape index (κ2) is 5.93. The first kappa shape index (κ1) is 14.8. The van der Waals surface area contributed by atoms with Gasteiger partial charge in [0, 0.05) is 24.5 Å². The van der Waals surface area contributed by atoms with E-state index in [9.17, 15) is 9.90 Å². The molecule has 1 N–H and O–H groups in total. The lowest BCUT2D eigenvalue weighted by atomic mass is 9.91. The van der Waals surface area contributed by atoms with Crippen LogP contribution in [0.15, 0.2) is 0 Å². The maximum atomic E-state index is 11.4.